The molecule has 0 spiro atoms. The van der Waals surface area contributed by atoms with Gasteiger partial charge >= 0.3 is 0 Å². The summed E-state index contributed by atoms with van der Waals surface area (Å²) in [5, 5.41) is 2.11. The van der Waals surface area contributed by atoms with Gasteiger partial charge in [-0.1, -0.05) is 54.1 Å². The van der Waals surface area contributed by atoms with Gasteiger partial charge in [-0.2, -0.15) is 0 Å². The van der Waals surface area contributed by atoms with Gasteiger partial charge in [-0.25, -0.2) is 18.4 Å². The maximum atomic E-state index is 12.4. The normalized spacial score (nSPS) is 11.3. The molecule has 28 heavy (non-hydrogen) atoms. The molecule has 8 heteroatoms. The van der Waals surface area contributed by atoms with Gasteiger partial charge in [0.2, 0.25) is 11.8 Å². The number of ether oxygens (including phenoxy) is 1. The van der Waals surface area contributed by atoms with Crippen molar-refractivity contribution in [2.75, 3.05) is 4.72 Å². The number of pyridine rings is 2. The second-order valence-electron chi connectivity index (χ2n) is 5.90. The molecule has 1 N–H and O–H groups in total. The molecule has 4 rings (SSSR count). The molecule has 0 radical (unpaired) electrons. The Morgan fingerprint density at radius 1 is 0.857 bits per heavy atom. The van der Waals surface area contributed by atoms with E-state index < -0.39 is 10.0 Å². The molecule has 0 fully saturated rings. The van der Waals surface area contributed by atoms with Crippen molar-refractivity contribution in [2.24, 2.45) is 0 Å². The summed E-state index contributed by atoms with van der Waals surface area (Å²) in [7, 11) is -3.73. The Balaban J connectivity index is 1.56. The third kappa shape index (κ3) is 3.90. The molecule has 0 saturated carbocycles. The molecule has 2 heterocycles. The van der Waals surface area contributed by atoms with Gasteiger partial charge in [-0.3, -0.25) is 4.72 Å². The van der Waals surface area contributed by atoms with Crippen LogP contribution >= 0.6 is 11.6 Å². The highest BCUT2D eigenvalue weighted by Crippen LogP contribution is 2.30. The Kier molecular flexibility index (Phi) is 4.85. The number of aromatic nitrogens is 2. The number of nitrogens with zero attached hydrogens (tertiary/aromatic N) is 2. The van der Waals surface area contributed by atoms with Crippen molar-refractivity contribution in [3.05, 3.63) is 84.1 Å². The molecule has 0 aliphatic carbocycles. The quantitative estimate of drug-likeness (QED) is 0.506. The van der Waals surface area contributed by atoms with Gasteiger partial charge in [0, 0.05) is 17.6 Å². The van der Waals surface area contributed by atoms with Gasteiger partial charge in [0.25, 0.3) is 10.0 Å². The molecule has 4 aromatic rings. The third-order valence-electron chi connectivity index (χ3n) is 3.92. The second kappa shape index (κ2) is 7.46. The predicted molar refractivity (Wildman–Crippen MR) is 108 cm³/mol. The Bertz CT molecular complexity index is 1250. The number of sulfonamides is 1. The summed E-state index contributed by atoms with van der Waals surface area (Å²) in [6.45, 7) is 0. The van der Waals surface area contributed by atoms with E-state index in [0.717, 1.165) is 10.8 Å². The molecule has 0 aliphatic heterocycles. The lowest BCUT2D eigenvalue weighted by Crippen LogP contribution is -2.13. The molecule has 0 unspecified atom stereocenters. The number of hydrogen-bond donors (Lipinski definition) is 1. The van der Waals surface area contributed by atoms with Gasteiger partial charge in [0.05, 0.1) is 16.8 Å². The molecule has 0 atom stereocenters. The average Bonchev–Trinajstić information content (AvgIpc) is 2.70. The first-order valence-electron chi connectivity index (χ1n) is 8.27. The predicted octanol–water partition coefficient (Wildman–Crippen LogP) is 4.88. The molecule has 2 aromatic carbocycles. The average molecular weight is 412 g/mol. The summed E-state index contributed by atoms with van der Waals surface area (Å²) in [5.41, 5.74) is 0.229. The zero-order chi connectivity index (χ0) is 19.6. The van der Waals surface area contributed by atoms with Crippen molar-refractivity contribution in [3.8, 4) is 11.8 Å². The number of fused-ring (bicyclic) bond motifs is 1. The van der Waals surface area contributed by atoms with Crippen molar-refractivity contribution >= 4 is 38.1 Å². The van der Waals surface area contributed by atoms with Gasteiger partial charge < -0.3 is 4.74 Å². The number of rotatable bonds is 5. The zero-order valence-corrected chi connectivity index (χ0v) is 16.0. The molecule has 2 aromatic heterocycles. The first kappa shape index (κ1) is 18.2. The van der Waals surface area contributed by atoms with Crippen LogP contribution < -0.4 is 9.46 Å². The second-order valence-corrected chi connectivity index (χ2v) is 7.99. The molecule has 0 saturated heterocycles. The van der Waals surface area contributed by atoms with Gasteiger partial charge in [0.15, 0.2) is 0 Å². The third-order valence-corrected chi connectivity index (χ3v) is 5.59. The summed E-state index contributed by atoms with van der Waals surface area (Å²) in [4.78, 5) is 8.49. The lowest BCUT2D eigenvalue weighted by atomic mass is 10.2. The maximum Gasteiger partial charge on any atom is 0.261 e. The highest BCUT2D eigenvalue weighted by Gasteiger charge is 2.15. The van der Waals surface area contributed by atoms with Crippen LogP contribution in [0.3, 0.4) is 0 Å². The van der Waals surface area contributed by atoms with Crippen LogP contribution in [0.25, 0.3) is 10.8 Å². The lowest BCUT2D eigenvalue weighted by Gasteiger charge is -2.10. The van der Waals surface area contributed by atoms with Crippen molar-refractivity contribution in [2.45, 2.75) is 4.90 Å². The molecule has 0 bridgehead atoms. The fraction of sp³-hybridized carbons (Fsp3) is 0. The smallest absolute Gasteiger partial charge is 0.261 e. The highest BCUT2D eigenvalue weighted by molar-refractivity contribution is 7.92. The summed E-state index contributed by atoms with van der Waals surface area (Å²) in [5.74, 6) is 0.470. The minimum absolute atomic E-state index is 0.132. The van der Waals surface area contributed by atoms with Crippen LogP contribution in [0.1, 0.15) is 0 Å². The maximum absolute atomic E-state index is 12.4. The summed E-state index contributed by atoms with van der Waals surface area (Å²) >= 11 is 6.22. The van der Waals surface area contributed by atoms with Crippen LogP contribution in [0.4, 0.5) is 5.69 Å². The van der Waals surface area contributed by atoms with Crippen molar-refractivity contribution in [3.63, 3.8) is 0 Å². The van der Waals surface area contributed by atoms with Crippen molar-refractivity contribution in [1.82, 2.24) is 9.97 Å². The highest BCUT2D eigenvalue weighted by atomic mass is 35.5. The summed E-state index contributed by atoms with van der Waals surface area (Å²) in [6, 6.07) is 19.0. The molecule has 0 amide bonds. The fourth-order valence-electron chi connectivity index (χ4n) is 2.59. The Hall–Kier alpha value is -3.16. The van der Waals surface area contributed by atoms with E-state index in [2.05, 4.69) is 14.7 Å². The van der Waals surface area contributed by atoms with E-state index in [1.54, 1.807) is 30.5 Å². The van der Waals surface area contributed by atoms with E-state index in [0.29, 0.717) is 5.88 Å². The Labute approximate surface area is 166 Å². The molecule has 6 nitrogen and oxygen atoms in total. The zero-order valence-electron chi connectivity index (χ0n) is 14.4. The summed E-state index contributed by atoms with van der Waals surface area (Å²) < 4.78 is 32.9. The topological polar surface area (TPSA) is 81.2 Å². The first-order valence-corrected chi connectivity index (χ1v) is 10.1. The number of benzene rings is 2. The van der Waals surface area contributed by atoms with E-state index in [4.69, 9.17) is 16.3 Å². The van der Waals surface area contributed by atoms with Crippen LogP contribution in [0, 0.1) is 0 Å². The first-order chi connectivity index (χ1) is 13.5. The van der Waals surface area contributed by atoms with Crippen LogP contribution in [0.15, 0.2) is 84.0 Å². The summed E-state index contributed by atoms with van der Waals surface area (Å²) in [6.07, 6.45) is 3.03. The number of nitrogens with one attached hydrogen (secondary N) is 1. The van der Waals surface area contributed by atoms with Crippen LogP contribution in [0.5, 0.6) is 11.8 Å². The largest absolute Gasteiger partial charge is 0.419 e. The standard InChI is InChI=1S/C20H14ClN3O3S/c21-18-11-16(24-28(25,26)17-8-2-1-3-9-17)13-23-20(18)27-19-10-14-6-4-5-7-15(14)12-22-19/h1-13,24H. The molecule has 0 aliphatic rings. The molecular formula is C20H14ClN3O3S. The van der Waals surface area contributed by atoms with E-state index in [1.807, 2.05) is 24.3 Å². The number of hydrogen-bond acceptors (Lipinski definition) is 5. The van der Waals surface area contributed by atoms with Crippen molar-refractivity contribution < 1.29 is 13.2 Å². The van der Waals surface area contributed by atoms with E-state index >= 15 is 0 Å². The minimum atomic E-state index is -3.73. The van der Waals surface area contributed by atoms with E-state index in [-0.39, 0.29) is 21.5 Å². The van der Waals surface area contributed by atoms with Crippen molar-refractivity contribution in [1.29, 1.82) is 0 Å². The number of anilines is 1. The van der Waals surface area contributed by atoms with Crippen LogP contribution in [0.2, 0.25) is 5.02 Å². The number of halogens is 1. The fourth-order valence-corrected chi connectivity index (χ4v) is 3.85. The van der Waals surface area contributed by atoms with Gasteiger partial charge in [0.1, 0.15) is 5.02 Å². The van der Waals surface area contributed by atoms with E-state index in [1.165, 1.54) is 24.4 Å². The van der Waals surface area contributed by atoms with Gasteiger partial charge in [-0.15, -0.1) is 0 Å². The minimum Gasteiger partial charge on any atom is -0.419 e. The SMILES string of the molecule is O=S(=O)(Nc1cnc(Oc2cc3ccccc3cn2)c(Cl)c1)c1ccccc1. The Morgan fingerprint density at radius 2 is 1.57 bits per heavy atom. The molecule has 140 valence electrons. The Morgan fingerprint density at radius 3 is 2.32 bits per heavy atom. The van der Waals surface area contributed by atoms with E-state index in [9.17, 15) is 8.42 Å². The van der Waals surface area contributed by atoms with Crippen LogP contribution in [-0.2, 0) is 10.0 Å². The monoisotopic (exact) mass is 411 g/mol. The van der Waals surface area contributed by atoms with Gasteiger partial charge in [-0.05, 0) is 23.6 Å². The molecular weight excluding hydrogens is 398 g/mol. The van der Waals surface area contributed by atoms with Crippen LogP contribution in [-0.4, -0.2) is 18.4 Å². The lowest BCUT2D eigenvalue weighted by molar-refractivity contribution is 0.446.